The zero-order valence-electron chi connectivity index (χ0n) is 18.5. The normalized spacial score (nSPS) is 11.2. The number of hydrogen-bond donors (Lipinski definition) is 2. The van der Waals surface area contributed by atoms with Crippen LogP contribution in [0.25, 0.3) is 17.1 Å². The second kappa shape index (κ2) is 9.70. The maximum absolute atomic E-state index is 13.3. The van der Waals surface area contributed by atoms with Gasteiger partial charge in [0.25, 0.3) is 11.6 Å². The molecule has 0 saturated heterocycles. The van der Waals surface area contributed by atoms with Crippen molar-refractivity contribution in [2.75, 3.05) is 5.43 Å². The first-order valence-corrected chi connectivity index (χ1v) is 10.8. The van der Waals surface area contributed by atoms with Gasteiger partial charge in [0.1, 0.15) is 5.82 Å². The Kier molecular flexibility index (Phi) is 6.67. The molecule has 0 unspecified atom stereocenters. The van der Waals surface area contributed by atoms with Gasteiger partial charge in [0.2, 0.25) is 0 Å². The maximum atomic E-state index is 13.3. The molecule has 0 atom stereocenters. The third kappa shape index (κ3) is 4.86. The van der Waals surface area contributed by atoms with Crippen LogP contribution in [0.3, 0.4) is 0 Å². The number of rotatable bonds is 6. The molecule has 184 valence electrons. The average Bonchev–Trinajstić information content (AvgIpc) is 3.19. The first kappa shape index (κ1) is 24.7. The Morgan fingerprint density at radius 1 is 1.03 bits per heavy atom. The molecule has 0 spiro atoms. The van der Waals surface area contributed by atoms with Crippen LogP contribution >= 0.6 is 11.6 Å². The molecule has 3 aromatic carbocycles. The molecule has 0 aliphatic carbocycles. The quantitative estimate of drug-likeness (QED) is 0.236. The van der Waals surface area contributed by atoms with E-state index in [-0.39, 0.29) is 22.9 Å². The second-order valence-corrected chi connectivity index (χ2v) is 7.99. The molecule has 12 heteroatoms. The summed E-state index contributed by atoms with van der Waals surface area (Å²) in [4.78, 5) is 27.9. The molecular formula is C24H17ClF3N5O3. The van der Waals surface area contributed by atoms with Gasteiger partial charge in [-0.3, -0.25) is 30.3 Å². The summed E-state index contributed by atoms with van der Waals surface area (Å²) in [6.45, 7) is 1.59. The van der Waals surface area contributed by atoms with Crippen molar-refractivity contribution in [3.05, 3.63) is 105 Å². The monoisotopic (exact) mass is 515 g/mol. The van der Waals surface area contributed by atoms with Gasteiger partial charge in [-0.1, -0.05) is 35.9 Å². The number of hydrogen-bond acceptors (Lipinski definition) is 5. The molecule has 0 radical (unpaired) electrons. The Morgan fingerprint density at radius 2 is 1.67 bits per heavy atom. The van der Waals surface area contributed by atoms with Gasteiger partial charge in [-0.2, -0.15) is 13.2 Å². The second-order valence-electron chi connectivity index (χ2n) is 7.58. The van der Waals surface area contributed by atoms with Crippen LogP contribution in [0.1, 0.15) is 21.7 Å². The Bertz CT molecular complexity index is 1450. The SMILES string of the molecule is Cc1c(C(=O)NNc2ccccc2C(F)(F)F)nc(-c2ccccc2Cl)n1-c1ccc([N+](=O)[O-])cc1. The maximum Gasteiger partial charge on any atom is 0.418 e. The van der Waals surface area contributed by atoms with Crippen molar-refractivity contribution in [2.45, 2.75) is 13.1 Å². The number of nitro benzene ring substituents is 1. The fraction of sp³-hybridized carbons (Fsp3) is 0.0833. The van der Waals surface area contributed by atoms with Crippen LogP contribution in [0.15, 0.2) is 72.8 Å². The third-order valence-electron chi connectivity index (χ3n) is 5.30. The number of carbonyl (C=O) groups excluding carboxylic acids is 1. The van der Waals surface area contributed by atoms with Crippen LogP contribution in [-0.4, -0.2) is 20.4 Å². The number of halogens is 4. The first-order chi connectivity index (χ1) is 17.1. The zero-order chi connectivity index (χ0) is 26.0. The van der Waals surface area contributed by atoms with E-state index in [0.717, 1.165) is 6.07 Å². The molecule has 8 nitrogen and oxygen atoms in total. The number of para-hydroxylation sites is 1. The lowest BCUT2D eigenvalue weighted by atomic mass is 10.2. The van der Waals surface area contributed by atoms with E-state index in [4.69, 9.17) is 11.6 Å². The van der Waals surface area contributed by atoms with E-state index in [1.165, 1.54) is 42.5 Å². The highest BCUT2D eigenvalue weighted by Gasteiger charge is 2.33. The summed E-state index contributed by atoms with van der Waals surface area (Å²) in [5, 5.41) is 11.4. The van der Waals surface area contributed by atoms with E-state index in [1.54, 1.807) is 35.8 Å². The number of nitrogens with zero attached hydrogens (tertiary/aromatic N) is 3. The number of amides is 1. The van der Waals surface area contributed by atoms with Crippen LogP contribution in [0.2, 0.25) is 5.02 Å². The number of hydrazine groups is 1. The van der Waals surface area contributed by atoms with E-state index in [9.17, 15) is 28.1 Å². The number of non-ortho nitro benzene ring substituents is 1. The number of nitro groups is 1. The standard InChI is InChI=1S/C24H17ClF3N5O3/c1-14-21(23(34)31-30-20-9-5-3-7-18(20)24(26,27)28)29-22(17-6-2-4-8-19(17)25)32(14)15-10-12-16(13-11-15)33(35)36/h2-13,30H,1H3,(H,31,34). The molecule has 2 N–H and O–H groups in total. The summed E-state index contributed by atoms with van der Waals surface area (Å²) in [6.07, 6.45) is -4.63. The fourth-order valence-electron chi connectivity index (χ4n) is 3.60. The molecule has 1 aromatic heterocycles. The summed E-state index contributed by atoms with van der Waals surface area (Å²) < 4.78 is 41.4. The van der Waals surface area contributed by atoms with Gasteiger partial charge in [0.15, 0.2) is 5.69 Å². The number of aromatic nitrogens is 2. The van der Waals surface area contributed by atoms with E-state index in [1.807, 2.05) is 0 Å². The number of nitrogens with one attached hydrogen (secondary N) is 2. The van der Waals surface area contributed by atoms with Gasteiger partial charge in [-0.25, -0.2) is 4.98 Å². The number of benzene rings is 3. The lowest BCUT2D eigenvalue weighted by molar-refractivity contribution is -0.384. The molecule has 0 aliphatic heterocycles. The molecule has 36 heavy (non-hydrogen) atoms. The van der Waals surface area contributed by atoms with Gasteiger partial charge < -0.3 is 0 Å². The third-order valence-corrected chi connectivity index (χ3v) is 5.63. The number of imidazole rings is 1. The van der Waals surface area contributed by atoms with Gasteiger partial charge in [-0.15, -0.1) is 0 Å². The number of anilines is 1. The highest BCUT2D eigenvalue weighted by atomic mass is 35.5. The molecule has 1 amide bonds. The predicted molar refractivity (Wildman–Crippen MR) is 128 cm³/mol. The summed E-state index contributed by atoms with van der Waals surface area (Å²) in [7, 11) is 0. The van der Waals surface area contributed by atoms with Crippen LogP contribution in [0, 0.1) is 17.0 Å². The molecule has 4 rings (SSSR count). The summed E-state index contributed by atoms with van der Waals surface area (Å²) in [6, 6.07) is 17.1. The minimum Gasteiger partial charge on any atom is -0.298 e. The highest BCUT2D eigenvalue weighted by Crippen LogP contribution is 2.35. The van der Waals surface area contributed by atoms with Crippen molar-refractivity contribution in [2.24, 2.45) is 0 Å². The smallest absolute Gasteiger partial charge is 0.298 e. The molecule has 1 heterocycles. The summed E-state index contributed by atoms with van der Waals surface area (Å²) in [5.74, 6) is -0.522. The minimum absolute atomic E-state index is 0.0831. The Balaban J connectivity index is 1.74. The molecule has 4 aromatic rings. The van der Waals surface area contributed by atoms with Gasteiger partial charge >= 0.3 is 6.18 Å². The molecule has 0 bridgehead atoms. The topological polar surface area (TPSA) is 102 Å². The molecule has 0 fully saturated rings. The van der Waals surface area contributed by atoms with Crippen LogP contribution in [-0.2, 0) is 6.18 Å². The average molecular weight is 516 g/mol. The lowest BCUT2D eigenvalue weighted by Crippen LogP contribution is -2.31. The van der Waals surface area contributed by atoms with Crippen molar-refractivity contribution >= 4 is 28.9 Å². The largest absolute Gasteiger partial charge is 0.418 e. The molecule has 0 saturated carbocycles. The highest BCUT2D eigenvalue weighted by molar-refractivity contribution is 6.33. The zero-order valence-corrected chi connectivity index (χ0v) is 19.3. The predicted octanol–water partition coefficient (Wildman–Crippen LogP) is 6.19. The van der Waals surface area contributed by atoms with Crippen molar-refractivity contribution in [3.63, 3.8) is 0 Å². The summed E-state index contributed by atoms with van der Waals surface area (Å²) in [5.41, 5.74) is 4.37. The van der Waals surface area contributed by atoms with Crippen LogP contribution in [0.4, 0.5) is 24.5 Å². The number of alkyl halides is 3. The van der Waals surface area contributed by atoms with E-state index < -0.39 is 22.6 Å². The summed E-state index contributed by atoms with van der Waals surface area (Å²) >= 11 is 6.37. The van der Waals surface area contributed by atoms with Gasteiger partial charge in [0.05, 0.1) is 26.9 Å². The van der Waals surface area contributed by atoms with E-state index in [2.05, 4.69) is 15.8 Å². The lowest BCUT2D eigenvalue weighted by Gasteiger charge is -2.14. The van der Waals surface area contributed by atoms with Crippen LogP contribution < -0.4 is 10.9 Å². The van der Waals surface area contributed by atoms with Gasteiger partial charge in [-0.05, 0) is 43.3 Å². The Labute approximate surface area is 207 Å². The van der Waals surface area contributed by atoms with Crippen molar-refractivity contribution < 1.29 is 22.9 Å². The Morgan fingerprint density at radius 3 is 2.31 bits per heavy atom. The van der Waals surface area contributed by atoms with Crippen molar-refractivity contribution in [1.29, 1.82) is 0 Å². The minimum atomic E-state index is -4.63. The van der Waals surface area contributed by atoms with Crippen molar-refractivity contribution in [3.8, 4) is 17.1 Å². The molecular weight excluding hydrogens is 499 g/mol. The van der Waals surface area contributed by atoms with Crippen molar-refractivity contribution in [1.82, 2.24) is 15.0 Å². The first-order valence-electron chi connectivity index (χ1n) is 10.4. The molecule has 0 aliphatic rings. The Hall–Kier alpha value is -4.38. The number of carbonyl (C=O) groups is 1. The van der Waals surface area contributed by atoms with E-state index >= 15 is 0 Å². The van der Waals surface area contributed by atoms with Crippen LogP contribution in [0.5, 0.6) is 0 Å². The van der Waals surface area contributed by atoms with E-state index in [0.29, 0.717) is 22.0 Å². The van der Waals surface area contributed by atoms with Gasteiger partial charge in [0, 0.05) is 23.4 Å². The fourth-order valence-corrected chi connectivity index (χ4v) is 3.82.